The van der Waals surface area contributed by atoms with Crippen molar-refractivity contribution < 1.29 is 4.74 Å². The van der Waals surface area contributed by atoms with Crippen LogP contribution >= 0.6 is 0 Å². The fourth-order valence-corrected chi connectivity index (χ4v) is 3.17. The van der Waals surface area contributed by atoms with Gasteiger partial charge in [0.25, 0.3) is 0 Å². The SMILES string of the molecule is Cc1cnc(NC2CCOC3(CCCC3)C2)nc1. The van der Waals surface area contributed by atoms with Gasteiger partial charge >= 0.3 is 0 Å². The Balaban J connectivity index is 1.64. The van der Waals surface area contributed by atoms with Crippen LogP contribution in [0.2, 0.25) is 0 Å². The smallest absolute Gasteiger partial charge is 0.222 e. The predicted octanol–water partition coefficient (Wildman–Crippen LogP) is 2.69. The van der Waals surface area contributed by atoms with E-state index in [2.05, 4.69) is 15.3 Å². The topological polar surface area (TPSA) is 47.0 Å². The predicted molar refractivity (Wildman–Crippen MR) is 70.6 cm³/mol. The van der Waals surface area contributed by atoms with Gasteiger partial charge < -0.3 is 10.1 Å². The van der Waals surface area contributed by atoms with Gasteiger partial charge in [-0.05, 0) is 38.2 Å². The summed E-state index contributed by atoms with van der Waals surface area (Å²) in [6.45, 7) is 2.87. The van der Waals surface area contributed by atoms with Gasteiger partial charge in [-0.15, -0.1) is 0 Å². The maximum atomic E-state index is 6.03. The second-order valence-electron chi connectivity index (χ2n) is 5.66. The molecule has 2 aliphatic rings. The third kappa shape index (κ3) is 2.48. The summed E-state index contributed by atoms with van der Waals surface area (Å²) in [5, 5.41) is 3.46. The van der Waals surface area contributed by atoms with Crippen LogP contribution in [-0.2, 0) is 4.74 Å². The van der Waals surface area contributed by atoms with Gasteiger partial charge in [-0.1, -0.05) is 12.8 Å². The minimum atomic E-state index is 0.153. The fourth-order valence-electron chi connectivity index (χ4n) is 3.17. The Hall–Kier alpha value is -1.16. The van der Waals surface area contributed by atoms with Crippen LogP contribution in [0.1, 0.15) is 44.1 Å². The number of aryl methyl sites for hydroxylation is 1. The third-order valence-corrected chi connectivity index (χ3v) is 4.12. The molecular formula is C14H21N3O. The molecule has 1 aliphatic carbocycles. The molecule has 1 spiro atoms. The van der Waals surface area contributed by atoms with Crippen molar-refractivity contribution in [3.63, 3.8) is 0 Å². The summed E-state index contributed by atoms with van der Waals surface area (Å²) < 4.78 is 6.03. The lowest BCUT2D eigenvalue weighted by Gasteiger charge is -2.38. The molecule has 0 radical (unpaired) electrons. The molecule has 1 atom stereocenters. The standard InChI is InChI=1S/C14H21N3O/c1-11-9-15-13(16-10-11)17-12-4-7-18-14(8-12)5-2-3-6-14/h9-10,12H,2-8H2,1H3,(H,15,16,17). The number of hydrogen-bond donors (Lipinski definition) is 1. The molecule has 98 valence electrons. The lowest BCUT2D eigenvalue weighted by Crippen LogP contribution is -2.42. The summed E-state index contributed by atoms with van der Waals surface area (Å²) in [6, 6.07) is 0.458. The minimum Gasteiger partial charge on any atom is -0.375 e. The molecule has 4 nitrogen and oxygen atoms in total. The summed E-state index contributed by atoms with van der Waals surface area (Å²) in [4.78, 5) is 8.65. The first-order valence-electron chi connectivity index (χ1n) is 6.95. The molecule has 1 aromatic rings. The summed E-state index contributed by atoms with van der Waals surface area (Å²) >= 11 is 0. The molecule has 1 aliphatic heterocycles. The first-order chi connectivity index (χ1) is 8.76. The van der Waals surface area contributed by atoms with E-state index in [1.807, 2.05) is 19.3 Å². The van der Waals surface area contributed by atoms with E-state index in [-0.39, 0.29) is 5.60 Å². The van der Waals surface area contributed by atoms with Crippen LogP contribution < -0.4 is 5.32 Å². The van der Waals surface area contributed by atoms with Crippen LogP contribution in [0.5, 0.6) is 0 Å². The van der Waals surface area contributed by atoms with Crippen molar-refractivity contribution in [2.45, 2.75) is 57.1 Å². The highest BCUT2D eigenvalue weighted by Gasteiger charge is 2.39. The molecule has 2 fully saturated rings. The molecule has 1 saturated carbocycles. The van der Waals surface area contributed by atoms with E-state index in [4.69, 9.17) is 4.74 Å². The molecule has 0 amide bonds. The van der Waals surface area contributed by atoms with Crippen LogP contribution in [0.3, 0.4) is 0 Å². The van der Waals surface area contributed by atoms with Gasteiger partial charge in [0, 0.05) is 25.0 Å². The Morgan fingerprint density at radius 1 is 1.28 bits per heavy atom. The first-order valence-corrected chi connectivity index (χ1v) is 6.95. The number of hydrogen-bond acceptors (Lipinski definition) is 4. The molecule has 18 heavy (non-hydrogen) atoms. The van der Waals surface area contributed by atoms with E-state index in [0.717, 1.165) is 31.0 Å². The second-order valence-corrected chi connectivity index (χ2v) is 5.66. The second kappa shape index (κ2) is 4.84. The van der Waals surface area contributed by atoms with E-state index >= 15 is 0 Å². The average Bonchev–Trinajstić information content (AvgIpc) is 2.80. The minimum absolute atomic E-state index is 0.153. The Kier molecular flexibility index (Phi) is 3.20. The summed E-state index contributed by atoms with van der Waals surface area (Å²) in [6.07, 6.45) is 10.9. The summed E-state index contributed by atoms with van der Waals surface area (Å²) in [5.41, 5.74) is 1.25. The van der Waals surface area contributed by atoms with Crippen molar-refractivity contribution in [1.29, 1.82) is 0 Å². The molecule has 1 aromatic heterocycles. The van der Waals surface area contributed by atoms with Crippen LogP contribution in [-0.4, -0.2) is 28.2 Å². The molecule has 1 saturated heterocycles. The molecule has 0 aromatic carbocycles. The van der Waals surface area contributed by atoms with Gasteiger partial charge in [0.15, 0.2) is 0 Å². The Morgan fingerprint density at radius 3 is 2.72 bits per heavy atom. The van der Waals surface area contributed by atoms with Crippen LogP contribution in [0.15, 0.2) is 12.4 Å². The number of nitrogens with zero attached hydrogens (tertiary/aromatic N) is 2. The number of nitrogens with one attached hydrogen (secondary N) is 1. The van der Waals surface area contributed by atoms with Gasteiger partial charge in [-0.2, -0.15) is 0 Å². The van der Waals surface area contributed by atoms with Gasteiger partial charge in [0.1, 0.15) is 0 Å². The van der Waals surface area contributed by atoms with Gasteiger partial charge in [-0.3, -0.25) is 0 Å². The molecule has 1 unspecified atom stereocenters. The van der Waals surface area contributed by atoms with Crippen molar-refractivity contribution >= 4 is 5.95 Å². The monoisotopic (exact) mass is 247 g/mol. The van der Waals surface area contributed by atoms with E-state index in [1.54, 1.807) is 0 Å². The maximum absolute atomic E-state index is 6.03. The highest BCUT2D eigenvalue weighted by atomic mass is 16.5. The molecule has 0 bridgehead atoms. The summed E-state index contributed by atoms with van der Waals surface area (Å²) in [7, 11) is 0. The van der Waals surface area contributed by atoms with Gasteiger partial charge in [-0.25, -0.2) is 9.97 Å². The third-order valence-electron chi connectivity index (χ3n) is 4.12. The van der Waals surface area contributed by atoms with Gasteiger partial charge in [0.05, 0.1) is 5.60 Å². The van der Waals surface area contributed by atoms with E-state index in [0.29, 0.717) is 6.04 Å². The van der Waals surface area contributed by atoms with Crippen molar-refractivity contribution in [1.82, 2.24) is 9.97 Å². The molecular weight excluding hydrogens is 226 g/mol. The number of rotatable bonds is 2. The lowest BCUT2D eigenvalue weighted by molar-refractivity contribution is -0.0767. The van der Waals surface area contributed by atoms with E-state index in [9.17, 15) is 0 Å². The van der Waals surface area contributed by atoms with E-state index in [1.165, 1.54) is 25.7 Å². The average molecular weight is 247 g/mol. The van der Waals surface area contributed by atoms with Crippen LogP contribution in [0.4, 0.5) is 5.95 Å². The molecule has 1 N–H and O–H groups in total. The molecule has 3 rings (SSSR count). The van der Waals surface area contributed by atoms with Crippen molar-refractivity contribution in [3.8, 4) is 0 Å². The maximum Gasteiger partial charge on any atom is 0.222 e. The Bertz CT molecular complexity index is 398. The molecule has 4 heteroatoms. The van der Waals surface area contributed by atoms with Crippen molar-refractivity contribution in [2.75, 3.05) is 11.9 Å². The van der Waals surface area contributed by atoms with E-state index < -0.39 is 0 Å². The number of aromatic nitrogens is 2. The van der Waals surface area contributed by atoms with Crippen molar-refractivity contribution in [2.24, 2.45) is 0 Å². The fraction of sp³-hybridized carbons (Fsp3) is 0.714. The summed E-state index contributed by atoms with van der Waals surface area (Å²) in [5.74, 6) is 0.751. The van der Waals surface area contributed by atoms with Crippen LogP contribution in [0, 0.1) is 6.92 Å². The highest BCUT2D eigenvalue weighted by molar-refractivity contribution is 5.26. The van der Waals surface area contributed by atoms with Crippen molar-refractivity contribution in [3.05, 3.63) is 18.0 Å². The largest absolute Gasteiger partial charge is 0.375 e. The Labute approximate surface area is 108 Å². The first kappa shape index (κ1) is 11.9. The highest BCUT2D eigenvalue weighted by Crippen LogP contribution is 2.40. The zero-order valence-corrected chi connectivity index (χ0v) is 11.0. The lowest BCUT2D eigenvalue weighted by atomic mass is 9.89. The number of anilines is 1. The van der Waals surface area contributed by atoms with Gasteiger partial charge in [0.2, 0.25) is 5.95 Å². The van der Waals surface area contributed by atoms with Crippen LogP contribution in [0.25, 0.3) is 0 Å². The quantitative estimate of drug-likeness (QED) is 0.873. The molecule has 2 heterocycles. The normalized spacial score (nSPS) is 26.4. The number of ether oxygens (including phenoxy) is 1. The zero-order chi connectivity index (χ0) is 12.4. The zero-order valence-electron chi connectivity index (χ0n) is 11.0. The Morgan fingerprint density at radius 2 is 2.00 bits per heavy atom.